The summed E-state index contributed by atoms with van der Waals surface area (Å²) in [7, 11) is 0. The number of nitro benzene ring substituents is 1. The molecule has 0 atom stereocenters. The maximum Gasteiger partial charge on any atom is 0.273 e. The predicted molar refractivity (Wildman–Crippen MR) is 101 cm³/mol. The summed E-state index contributed by atoms with van der Waals surface area (Å²) in [6.45, 7) is 1.20. The van der Waals surface area contributed by atoms with Crippen molar-refractivity contribution in [3.8, 4) is 0 Å². The number of nitro groups is 1. The molecule has 2 amide bonds. The minimum atomic E-state index is -0.502. The number of rotatable bonds is 9. The average Bonchev–Trinajstić information content (AvgIpc) is 2.67. The Balaban J connectivity index is 1.70. The first-order valence-electron chi connectivity index (χ1n) is 8.57. The molecule has 142 valence electrons. The fourth-order valence-corrected chi connectivity index (χ4v) is 2.49. The Morgan fingerprint density at radius 2 is 1.67 bits per heavy atom. The third-order valence-electron chi connectivity index (χ3n) is 3.95. The molecule has 2 rings (SSSR count). The lowest BCUT2D eigenvalue weighted by molar-refractivity contribution is -0.385. The molecule has 0 bridgehead atoms. The molecule has 0 radical (unpaired) electrons. The van der Waals surface area contributed by atoms with Crippen molar-refractivity contribution in [3.05, 3.63) is 75.3 Å². The van der Waals surface area contributed by atoms with Gasteiger partial charge < -0.3 is 16.4 Å². The van der Waals surface area contributed by atoms with Gasteiger partial charge in [0.05, 0.1) is 11.3 Å². The summed E-state index contributed by atoms with van der Waals surface area (Å²) in [5.41, 5.74) is 7.32. The molecular weight excluding hydrogens is 348 g/mol. The van der Waals surface area contributed by atoms with Gasteiger partial charge in [-0.05, 0) is 24.1 Å². The summed E-state index contributed by atoms with van der Waals surface area (Å²) < 4.78 is 0. The summed E-state index contributed by atoms with van der Waals surface area (Å²) >= 11 is 0. The van der Waals surface area contributed by atoms with E-state index in [1.165, 1.54) is 6.07 Å². The molecule has 0 aliphatic heterocycles. The maximum absolute atomic E-state index is 12.0. The Labute approximate surface area is 156 Å². The number of hydrogen-bond donors (Lipinski definition) is 3. The zero-order valence-electron chi connectivity index (χ0n) is 14.8. The Morgan fingerprint density at radius 1 is 1.00 bits per heavy atom. The first-order chi connectivity index (χ1) is 13.0. The number of nitrogens with one attached hydrogen (secondary N) is 2. The Bertz CT molecular complexity index is 806. The van der Waals surface area contributed by atoms with E-state index in [0.717, 1.165) is 5.56 Å². The second-order valence-electron chi connectivity index (χ2n) is 5.92. The van der Waals surface area contributed by atoms with Crippen molar-refractivity contribution in [1.82, 2.24) is 10.6 Å². The molecular formula is C19H22N4O4. The van der Waals surface area contributed by atoms with E-state index >= 15 is 0 Å². The van der Waals surface area contributed by atoms with E-state index < -0.39 is 4.92 Å². The highest BCUT2D eigenvalue weighted by atomic mass is 16.6. The van der Waals surface area contributed by atoms with Gasteiger partial charge in [-0.15, -0.1) is 0 Å². The first-order valence-corrected chi connectivity index (χ1v) is 8.57. The summed E-state index contributed by atoms with van der Waals surface area (Å²) in [4.78, 5) is 34.4. The number of nitrogens with zero attached hydrogens (tertiary/aromatic N) is 1. The number of carbonyl (C=O) groups excluding carboxylic acids is 2. The minimum Gasteiger partial charge on any atom is -0.356 e. The quantitative estimate of drug-likeness (QED) is 0.350. The average molecular weight is 370 g/mol. The Hall–Kier alpha value is -3.26. The van der Waals surface area contributed by atoms with Crippen molar-refractivity contribution in [2.24, 2.45) is 5.73 Å². The Morgan fingerprint density at radius 3 is 2.33 bits per heavy atom. The molecule has 0 aliphatic carbocycles. The smallest absolute Gasteiger partial charge is 0.273 e. The van der Waals surface area contributed by atoms with Crippen molar-refractivity contribution in [1.29, 1.82) is 0 Å². The lowest BCUT2D eigenvalue weighted by Crippen LogP contribution is -2.30. The number of carbonyl (C=O) groups is 2. The lowest BCUT2D eigenvalue weighted by Gasteiger charge is -2.08. The summed E-state index contributed by atoms with van der Waals surface area (Å²) in [6.07, 6.45) is 0.492. The first kappa shape index (κ1) is 20.1. The van der Waals surface area contributed by atoms with Gasteiger partial charge in [0.2, 0.25) is 5.91 Å². The van der Waals surface area contributed by atoms with Crippen LogP contribution in [0.25, 0.3) is 0 Å². The summed E-state index contributed by atoms with van der Waals surface area (Å²) in [6, 6.07) is 13.2. The second-order valence-corrected chi connectivity index (χ2v) is 5.92. The number of para-hydroxylation sites is 1. The van der Waals surface area contributed by atoms with Crippen LogP contribution >= 0.6 is 0 Å². The van der Waals surface area contributed by atoms with Crippen LogP contribution in [-0.2, 0) is 17.8 Å². The molecule has 0 fully saturated rings. The van der Waals surface area contributed by atoms with Crippen LogP contribution in [0.2, 0.25) is 0 Å². The van der Waals surface area contributed by atoms with Crippen LogP contribution in [0.3, 0.4) is 0 Å². The highest BCUT2D eigenvalue weighted by Gasteiger charge is 2.15. The number of hydrogen-bond acceptors (Lipinski definition) is 5. The SMILES string of the molecule is NCc1ccc(C(=O)NCCCNC(=O)Cc2ccccc2[N+](=O)[O-])cc1. The van der Waals surface area contributed by atoms with Crippen molar-refractivity contribution in [2.75, 3.05) is 13.1 Å². The van der Waals surface area contributed by atoms with Crippen LogP contribution in [-0.4, -0.2) is 29.8 Å². The van der Waals surface area contributed by atoms with Gasteiger partial charge in [-0.3, -0.25) is 19.7 Å². The van der Waals surface area contributed by atoms with E-state index in [0.29, 0.717) is 37.2 Å². The molecule has 4 N–H and O–H groups in total. The molecule has 0 saturated carbocycles. The summed E-state index contributed by atoms with van der Waals surface area (Å²) in [5, 5.41) is 16.4. The van der Waals surface area contributed by atoms with E-state index in [-0.39, 0.29) is 23.9 Å². The fourth-order valence-electron chi connectivity index (χ4n) is 2.49. The molecule has 0 heterocycles. The van der Waals surface area contributed by atoms with Crippen molar-refractivity contribution < 1.29 is 14.5 Å². The van der Waals surface area contributed by atoms with E-state index in [9.17, 15) is 19.7 Å². The van der Waals surface area contributed by atoms with Gasteiger partial charge in [0.1, 0.15) is 0 Å². The van der Waals surface area contributed by atoms with Gasteiger partial charge in [-0.1, -0.05) is 30.3 Å². The molecule has 2 aromatic rings. The Kier molecular flexibility index (Phi) is 7.45. The van der Waals surface area contributed by atoms with Gasteiger partial charge in [0.15, 0.2) is 0 Å². The molecule has 2 aromatic carbocycles. The fraction of sp³-hybridized carbons (Fsp3) is 0.263. The van der Waals surface area contributed by atoms with Gasteiger partial charge in [0.25, 0.3) is 11.6 Å². The molecule has 0 saturated heterocycles. The topological polar surface area (TPSA) is 127 Å². The van der Waals surface area contributed by atoms with E-state index in [1.54, 1.807) is 42.5 Å². The third kappa shape index (κ3) is 6.19. The highest BCUT2D eigenvalue weighted by molar-refractivity contribution is 5.94. The van der Waals surface area contributed by atoms with Crippen LogP contribution in [0, 0.1) is 10.1 Å². The van der Waals surface area contributed by atoms with E-state index in [2.05, 4.69) is 10.6 Å². The van der Waals surface area contributed by atoms with Crippen LogP contribution in [0.5, 0.6) is 0 Å². The normalized spacial score (nSPS) is 10.3. The summed E-state index contributed by atoms with van der Waals surface area (Å²) in [5.74, 6) is -0.488. The monoisotopic (exact) mass is 370 g/mol. The van der Waals surface area contributed by atoms with Crippen LogP contribution in [0.15, 0.2) is 48.5 Å². The zero-order chi connectivity index (χ0) is 19.6. The number of benzene rings is 2. The molecule has 0 aromatic heterocycles. The molecule has 0 spiro atoms. The highest BCUT2D eigenvalue weighted by Crippen LogP contribution is 2.17. The van der Waals surface area contributed by atoms with Crippen molar-refractivity contribution in [2.45, 2.75) is 19.4 Å². The molecule has 0 aliphatic rings. The molecule has 27 heavy (non-hydrogen) atoms. The minimum absolute atomic E-state index is 0.0585. The van der Waals surface area contributed by atoms with Crippen LogP contribution in [0.1, 0.15) is 27.9 Å². The molecule has 0 unspecified atom stereocenters. The van der Waals surface area contributed by atoms with Gasteiger partial charge in [-0.2, -0.15) is 0 Å². The second kappa shape index (κ2) is 10.0. The van der Waals surface area contributed by atoms with Gasteiger partial charge in [0, 0.05) is 36.8 Å². The van der Waals surface area contributed by atoms with E-state index in [1.807, 2.05) is 0 Å². The van der Waals surface area contributed by atoms with Crippen molar-refractivity contribution >= 4 is 17.5 Å². The molecule has 8 heteroatoms. The lowest BCUT2D eigenvalue weighted by atomic mass is 10.1. The maximum atomic E-state index is 12.0. The standard InChI is InChI=1S/C19H22N4O4/c20-13-14-6-8-15(9-7-14)19(25)22-11-3-10-21-18(24)12-16-4-1-2-5-17(16)23(26)27/h1-2,4-9H,3,10-13,20H2,(H,21,24)(H,22,25). The van der Waals surface area contributed by atoms with E-state index in [4.69, 9.17) is 5.73 Å². The number of amides is 2. The van der Waals surface area contributed by atoms with Crippen LogP contribution in [0.4, 0.5) is 5.69 Å². The molecule has 8 nitrogen and oxygen atoms in total. The third-order valence-corrected chi connectivity index (χ3v) is 3.95. The largest absolute Gasteiger partial charge is 0.356 e. The number of nitrogens with two attached hydrogens (primary N) is 1. The zero-order valence-corrected chi connectivity index (χ0v) is 14.8. The van der Waals surface area contributed by atoms with Gasteiger partial charge >= 0.3 is 0 Å². The van der Waals surface area contributed by atoms with Gasteiger partial charge in [-0.25, -0.2) is 0 Å². The predicted octanol–water partition coefficient (Wildman–Crippen LogP) is 1.53. The van der Waals surface area contributed by atoms with Crippen molar-refractivity contribution in [3.63, 3.8) is 0 Å². The van der Waals surface area contributed by atoms with Crippen LogP contribution < -0.4 is 16.4 Å².